The van der Waals surface area contributed by atoms with Crippen LogP contribution in [0.25, 0.3) is 0 Å². The number of piperidine rings is 1. The second-order valence-electron chi connectivity index (χ2n) is 5.92. The van der Waals surface area contributed by atoms with Crippen molar-refractivity contribution in [3.63, 3.8) is 0 Å². The lowest BCUT2D eigenvalue weighted by molar-refractivity contribution is -0.384. The third-order valence-corrected chi connectivity index (χ3v) is 3.87. The number of ether oxygens (including phenoxy) is 1. The molecule has 0 bridgehead atoms. The molecule has 1 aromatic carbocycles. The van der Waals surface area contributed by atoms with E-state index in [4.69, 9.17) is 4.74 Å². The summed E-state index contributed by atoms with van der Waals surface area (Å²) in [6, 6.07) is 4.44. The fourth-order valence-corrected chi connectivity index (χ4v) is 2.72. The lowest BCUT2D eigenvalue weighted by Crippen LogP contribution is -2.37. The molecule has 0 saturated carbocycles. The maximum Gasteiger partial charge on any atom is 0.293 e. The Labute approximate surface area is 140 Å². The highest BCUT2D eigenvalue weighted by molar-refractivity contribution is 5.91. The van der Waals surface area contributed by atoms with E-state index in [9.17, 15) is 20.0 Å². The molecule has 1 aliphatic rings. The minimum atomic E-state index is -0.933. The van der Waals surface area contributed by atoms with Crippen molar-refractivity contribution < 1.29 is 19.6 Å². The molecule has 132 valence electrons. The summed E-state index contributed by atoms with van der Waals surface area (Å²) in [5.74, 6) is -0.376. The molecule has 1 amide bonds. The van der Waals surface area contributed by atoms with Crippen LogP contribution in [0.2, 0.25) is 0 Å². The molecule has 24 heavy (non-hydrogen) atoms. The zero-order chi connectivity index (χ0) is 17.5. The summed E-state index contributed by atoms with van der Waals surface area (Å²) in [4.78, 5) is 23.8. The van der Waals surface area contributed by atoms with Gasteiger partial charge in [0.1, 0.15) is 5.69 Å². The van der Waals surface area contributed by atoms with Crippen molar-refractivity contribution in [3.8, 4) is 0 Å². The molecule has 1 aromatic rings. The number of anilines is 1. The van der Waals surface area contributed by atoms with Crippen LogP contribution in [0.4, 0.5) is 11.4 Å². The minimum Gasteiger partial charge on any atom is -0.367 e. The first-order chi connectivity index (χ1) is 11.5. The van der Waals surface area contributed by atoms with Gasteiger partial charge in [0.05, 0.1) is 11.5 Å². The number of hydrogen-bond acceptors (Lipinski definition) is 6. The van der Waals surface area contributed by atoms with Crippen molar-refractivity contribution in [1.29, 1.82) is 0 Å². The molecule has 1 fully saturated rings. The molecule has 1 unspecified atom stereocenters. The van der Waals surface area contributed by atoms with Crippen LogP contribution in [0.3, 0.4) is 0 Å². The average molecular weight is 337 g/mol. The smallest absolute Gasteiger partial charge is 0.293 e. The number of β-amino-alcohol motifs (C(OH)–C–C–N with tert-alkyl or cyclic N) is 1. The van der Waals surface area contributed by atoms with Crippen LogP contribution < -0.4 is 5.32 Å². The van der Waals surface area contributed by atoms with Gasteiger partial charge >= 0.3 is 0 Å². The lowest BCUT2D eigenvalue weighted by Gasteiger charge is -2.28. The Morgan fingerprint density at radius 2 is 2.12 bits per heavy atom. The van der Waals surface area contributed by atoms with Crippen molar-refractivity contribution in [3.05, 3.63) is 33.9 Å². The van der Waals surface area contributed by atoms with Gasteiger partial charge in [-0.2, -0.15) is 0 Å². The van der Waals surface area contributed by atoms with E-state index < -0.39 is 11.2 Å². The van der Waals surface area contributed by atoms with E-state index in [0.717, 1.165) is 25.9 Å². The van der Waals surface area contributed by atoms with Crippen LogP contribution in [-0.4, -0.2) is 46.8 Å². The van der Waals surface area contributed by atoms with E-state index >= 15 is 0 Å². The van der Waals surface area contributed by atoms with Gasteiger partial charge < -0.3 is 15.2 Å². The molecule has 2 N–H and O–H groups in total. The highest BCUT2D eigenvalue weighted by Crippen LogP contribution is 2.26. The Kier molecular flexibility index (Phi) is 6.65. The summed E-state index contributed by atoms with van der Waals surface area (Å²) in [5.41, 5.74) is 0.510. The quantitative estimate of drug-likeness (QED) is 0.447. The zero-order valence-electron chi connectivity index (χ0n) is 13.7. The average Bonchev–Trinajstić information content (AvgIpc) is 2.54. The molecule has 1 heterocycles. The van der Waals surface area contributed by atoms with Gasteiger partial charge in [0.25, 0.3) is 5.69 Å². The molecule has 1 saturated heterocycles. The molecule has 0 aromatic heterocycles. The molecule has 8 heteroatoms. The summed E-state index contributed by atoms with van der Waals surface area (Å²) in [6.45, 7) is 3.70. The highest BCUT2D eigenvalue weighted by Gasteiger charge is 2.18. The molecule has 2 rings (SSSR count). The Morgan fingerprint density at radius 1 is 1.42 bits per heavy atom. The SMILES string of the molecule is CC(=O)Nc1ccc(COC(O)CN2CCCCC2)cc1[N+](=O)[O-]. The van der Waals surface area contributed by atoms with E-state index in [1.807, 2.05) is 0 Å². The summed E-state index contributed by atoms with van der Waals surface area (Å²) < 4.78 is 5.39. The number of nitrogens with zero attached hydrogens (tertiary/aromatic N) is 2. The number of aliphatic hydroxyl groups excluding tert-OH is 1. The van der Waals surface area contributed by atoms with Gasteiger partial charge in [0, 0.05) is 19.5 Å². The predicted molar refractivity (Wildman–Crippen MR) is 88.5 cm³/mol. The normalized spacial score (nSPS) is 16.6. The fraction of sp³-hybridized carbons (Fsp3) is 0.562. The third-order valence-electron chi connectivity index (χ3n) is 3.87. The van der Waals surface area contributed by atoms with Crippen LogP contribution in [0.1, 0.15) is 31.7 Å². The van der Waals surface area contributed by atoms with E-state index in [1.54, 1.807) is 6.07 Å². The first kappa shape index (κ1) is 18.3. The van der Waals surface area contributed by atoms with Gasteiger partial charge in [-0.15, -0.1) is 0 Å². The lowest BCUT2D eigenvalue weighted by atomic mass is 10.1. The second-order valence-corrected chi connectivity index (χ2v) is 5.92. The number of carbonyl (C=O) groups excluding carboxylic acids is 1. The number of benzene rings is 1. The number of hydrogen-bond donors (Lipinski definition) is 2. The minimum absolute atomic E-state index is 0.0657. The van der Waals surface area contributed by atoms with Gasteiger partial charge in [-0.05, 0) is 37.6 Å². The van der Waals surface area contributed by atoms with Gasteiger partial charge in [0.15, 0.2) is 6.29 Å². The number of nitro groups is 1. The van der Waals surface area contributed by atoms with E-state index in [2.05, 4.69) is 10.2 Å². The Balaban J connectivity index is 1.92. The Morgan fingerprint density at radius 3 is 2.75 bits per heavy atom. The van der Waals surface area contributed by atoms with Gasteiger partial charge in [-0.25, -0.2) is 0 Å². The van der Waals surface area contributed by atoms with Crippen LogP contribution in [0, 0.1) is 10.1 Å². The molecule has 1 aliphatic heterocycles. The van der Waals surface area contributed by atoms with Crippen LogP contribution in [-0.2, 0) is 16.1 Å². The summed E-state index contributed by atoms with van der Waals surface area (Å²) in [6.07, 6.45) is 2.54. The Hall–Kier alpha value is -2.03. The zero-order valence-corrected chi connectivity index (χ0v) is 13.7. The van der Waals surface area contributed by atoms with E-state index in [0.29, 0.717) is 12.1 Å². The van der Waals surface area contributed by atoms with Gasteiger partial charge in [-0.1, -0.05) is 12.5 Å². The summed E-state index contributed by atoms with van der Waals surface area (Å²) in [5, 5.41) is 23.5. The topological polar surface area (TPSA) is 105 Å². The summed E-state index contributed by atoms with van der Waals surface area (Å²) >= 11 is 0. The fourth-order valence-electron chi connectivity index (χ4n) is 2.72. The van der Waals surface area contributed by atoms with Crippen LogP contribution in [0.5, 0.6) is 0 Å². The third kappa shape index (κ3) is 5.55. The van der Waals surface area contributed by atoms with Gasteiger partial charge in [-0.3, -0.25) is 19.8 Å². The second kappa shape index (κ2) is 8.72. The molecule has 0 radical (unpaired) electrons. The monoisotopic (exact) mass is 337 g/mol. The van der Waals surface area contributed by atoms with Crippen LogP contribution in [0.15, 0.2) is 18.2 Å². The molecular weight excluding hydrogens is 314 g/mol. The molecule has 1 atom stereocenters. The van der Waals surface area contributed by atoms with E-state index in [1.165, 1.54) is 25.5 Å². The number of rotatable bonds is 7. The van der Waals surface area contributed by atoms with Crippen molar-refractivity contribution >= 4 is 17.3 Å². The number of amides is 1. The van der Waals surface area contributed by atoms with E-state index in [-0.39, 0.29) is 23.9 Å². The standard InChI is InChI=1S/C16H23N3O5/c1-12(20)17-14-6-5-13(9-15(14)19(22)23)11-24-16(21)10-18-7-3-2-4-8-18/h5-6,9,16,21H,2-4,7-8,10-11H2,1H3,(H,17,20). The number of aliphatic hydroxyl groups is 1. The largest absolute Gasteiger partial charge is 0.367 e. The number of likely N-dealkylation sites (tertiary alicyclic amines) is 1. The molecule has 0 spiro atoms. The molecule has 0 aliphatic carbocycles. The number of nitrogens with one attached hydrogen (secondary N) is 1. The number of carbonyl (C=O) groups is 1. The number of nitro benzene ring substituents is 1. The first-order valence-electron chi connectivity index (χ1n) is 8.02. The predicted octanol–water partition coefficient (Wildman–Crippen LogP) is 1.87. The Bertz CT molecular complexity index is 587. The van der Waals surface area contributed by atoms with Gasteiger partial charge in [0.2, 0.25) is 5.91 Å². The maximum absolute atomic E-state index is 11.1. The first-order valence-corrected chi connectivity index (χ1v) is 8.02. The highest BCUT2D eigenvalue weighted by atomic mass is 16.6. The van der Waals surface area contributed by atoms with Crippen molar-refractivity contribution in [2.75, 3.05) is 25.0 Å². The molecule has 8 nitrogen and oxygen atoms in total. The maximum atomic E-state index is 11.1. The summed E-state index contributed by atoms with van der Waals surface area (Å²) in [7, 11) is 0. The van der Waals surface area contributed by atoms with Crippen molar-refractivity contribution in [2.24, 2.45) is 0 Å². The molecular formula is C16H23N3O5. The van der Waals surface area contributed by atoms with Crippen molar-refractivity contribution in [1.82, 2.24) is 4.90 Å². The van der Waals surface area contributed by atoms with Crippen LogP contribution >= 0.6 is 0 Å². The van der Waals surface area contributed by atoms with Crippen molar-refractivity contribution in [2.45, 2.75) is 39.1 Å².